The summed E-state index contributed by atoms with van der Waals surface area (Å²) in [5, 5.41) is 2.77. The van der Waals surface area contributed by atoms with Crippen LogP contribution in [0.1, 0.15) is 35.7 Å². The van der Waals surface area contributed by atoms with Crippen LogP contribution in [0.5, 0.6) is 0 Å². The van der Waals surface area contributed by atoms with Crippen LogP contribution in [-0.4, -0.2) is 36.0 Å². The monoisotopic (exact) mass is 341 g/mol. The molecule has 132 valence electrons. The molecule has 1 aliphatic rings. The highest BCUT2D eigenvalue weighted by molar-refractivity contribution is 5.98. The topological polar surface area (TPSA) is 65.8 Å². The van der Waals surface area contributed by atoms with E-state index in [9.17, 15) is 9.59 Å². The molecule has 2 aromatic rings. The molecule has 1 fully saturated rings. The largest absolute Gasteiger partial charge is 0.464 e. The molecular weight excluding hydrogens is 318 g/mol. The minimum absolute atomic E-state index is 0.0247. The summed E-state index contributed by atoms with van der Waals surface area (Å²) in [6.45, 7) is 7.48. The molecule has 0 spiro atoms. The first-order valence-electron chi connectivity index (χ1n) is 8.47. The fraction of sp³-hybridized carbons (Fsp3) is 0.368. The van der Waals surface area contributed by atoms with Gasteiger partial charge in [0.25, 0.3) is 5.91 Å². The molecule has 0 unspecified atom stereocenters. The van der Waals surface area contributed by atoms with Crippen LogP contribution >= 0.6 is 0 Å². The molecule has 1 saturated heterocycles. The van der Waals surface area contributed by atoms with Gasteiger partial charge in [0.05, 0.1) is 6.54 Å². The number of benzene rings is 1. The van der Waals surface area contributed by atoms with Crippen LogP contribution in [0.15, 0.2) is 40.8 Å². The second-order valence-electron chi connectivity index (χ2n) is 6.47. The van der Waals surface area contributed by atoms with Crippen LogP contribution in [0.4, 0.5) is 10.5 Å². The Bertz CT molecular complexity index is 782. The molecule has 1 aliphatic heterocycles. The van der Waals surface area contributed by atoms with E-state index in [1.165, 1.54) is 0 Å². The van der Waals surface area contributed by atoms with E-state index in [0.717, 1.165) is 17.2 Å². The Hall–Kier alpha value is -2.76. The summed E-state index contributed by atoms with van der Waals surface area (Å²) in [6.07, 6.45) is 0. The third-order valence-electron chi connectivity index (χ3n) is 4.27. The molecule has 6 heteroatoms. The van der Waals surface area contributed by atoms with Crippen molar-refractivity contribution in [3.8, 4) is 0 Å². The van der Waals surface area contributed by atoms with Gasteiger partial charge in [0.2, 0.25) is 0 Å². The van der Waals surface area contributed by atoms with Crippen molar-refractivity contribution in [1.82, 2.24) is 10.2 Å². The number of anilines is 1. The van der Waals surface area contributed by atoms with E-state index in [2.05, 4.69) is 5.32 Å². The van der Waals surface area contributed by atoms with E-state index < -0.39 is 0 Å². The summed E-state index contributed by atoms with van der Waals surface area (Å²) >= 11 is 0. The number of hydrogen-bond donors (Lipinski definition) is 1. The first-order valence-corrected chi connectivity index (χ1v) is 8.47. The Morgan fingerprint density at radius 1 is 1.32 bits per heavy atom. The smallest absolute Gasteiger partial charge is 0.321 e. The second-order valence-corrected chi connectivity index (χ2v) is 6.47. The van der Waals surface area contributed by atoms with Crippen LogP contribution in [-0.2, 0) is 6.54 Å². The lowest BCUT2D eigenvalue weighted by atomic mass is 10.1. The normalized spacial score (nSPS) is 14.1. The maximum Gasteiger partial charge on any atom is 0.321 e. The molecule has 6 nitrogen and oxygen atoms in total. The average Bonchev–Trinajstić information content (AvgIpc) is 3.20. The molecule has 1 aromatic carbocycles. The van der Waals surface area contributed by atoms with Gasteiger partial charge in [-0.2, -0.15) is 0 Å². The molecule has 25 heavy (non-hydrogen) atoms. The van der Waals surface area contributed by atoms with Gasteiger partial charge in [0.15, 0.2) is 0 Å². The number of hydrogen-bond acceptors (Lipinski definition) is 3. The maximum absolute atomic E-state index is 13.0. The van der Waals surface area contributed by atoms with Gasteiger partial charge >= 0.3 is 6.03 Å². The fourth-order valence-electron chi connectivity index (χ4n) is 2.92. The van der Waals surface area contributed by atoms with Crippen LogP contribution in [0.25, 0.3) is 0 Å². The number of urea groups is 1. The van der Waals surface area contributed by atoms with Crippen molar-refractivity contribution in [3.05, 3.63) is 53.5 Å². The van der Waals surface area contributed by atoms with Gasteiger partial charge in [-0.3, -0.25) is 9.69 Å². The summed E-state index contributed by atoms with van der Waals surface area (Å²) in [6, 6.07) is 10.9. The zero-order chi connectivity index (χ0) is 18.0. The quantitative estimate of drug-likeness (QED) is 0.908. The molecule has 0 radical (unpaired) electrons. The highest BCUT2D eigenvalue weighted by atomic mass is 16.3. The number of aryl methyl sites for hydroxylation is 1. The molecule has 0 aliphatic carbocycles. The lowest BCUT2D eigenvalue weighted by Gasteiger charge is -2.26. The molecule has 1 N–H and O–H groups in total. The van der Waals surface area contributed by atoms with Crippen molar-refractivity contribution in [2.45, 2.75) is 33.4 Å². The van der Waals surface area contributed by atoms with Crippen LogP contribution < -0.4 is 10.2 Å². The fourth-order valence-corrected chi connectivity index (χ4v) is 2.92. The SMILES string of the molecule is Cc1ccc(CN(C(=O)c2cccc(N3CCNC3=O)c2)C(C)C)o1. The number of furan rings is 1. The van der Waals surface area contributed by atoms with Gasteiger partial charge < -0.3 is 14.6 Å². The van der Waals surface area contributed by atoms with Gasteiger partial charge in [0.1, 0.15) is 11.5 Å². The Kier molecular flexibility index (Phi) is 4.79. The Morgan fingerprint density at radius 2 is 2.12 bits per heavy atom. The molecule has 0 saturated carbocycles. The number of nitrogens with zero attached hydrogens (tertiary/aromatic N) is 2. The number of rotatable bonds is 5. The summed E-state index contributed by atoms with van der Waals surface area (Å²) in [7, 11) is 0. The lowest BCUT2D eigenvalue weighted by molar-refractivity contribution is 0.0675. The molecule has 0 bridgehead atoms. The van der Waals surface area contributed by atoms with E-state index >= 15 is 0 Å². The minimum Gasteiger partial charge on any atom is -0.464 e. The van der Waals surface area contributed by atoms with Gasteiger partial charge in [-0.05, 0) is 51.1 Å². The minimum atomic E-state index is -0.128. The van der Waals surface area contributed by atoms with E-state index in [-0.39, 0.29) is 18.0 Å². The number of carbonyl (C=O) groups excluding carboxylic acids is 2. The van der Waals surface area contributed by atoms with E-state index in [0.29, 0.717) is 25.2 Å². The summed E-state index contributed by atoms with van der Waals surface area (Å²) in [5.74, 6) is 1.51. The molecule has 0 atom stereocenters. The lowest BCUT2D eigenvalue weighted by Crippen LogP contribution is -2.36. The summed E-state index contributed by atoms with van der Waals surface area (Å²) in [4.78, 5) is 28.3. The first-order chi connectivity index (χ1) is 12.0. The predicted molar refractivity (Wildman–Crippen MR) is 95.6 cm³/mol. The van der Waals surface area contributed by atoms with Gasteiger partial charge in [-0.25, -0.2) is 4.79 Å². The van der Waals surface area contributed by atoms with Gasteiger partial charge in [0, 0.05) is 30.4 Å². The van der Waals surface area contributed by atoms with Crippen LogP contribution in [0.3, 0.4) is 0 Å². The average molecular weight is 341 g/mol. The third-order valence-corrected chi connectivity index (χ3v) is 4.27. The summed E-state index contributed by atoms with van der Waals surface area (Å²) < 4.78 is 5.61. The second kappa shape index (κ2) is 7.01. The predicted octanol–water partition coefficient (Wildman–Crippen LogP) is 3.17. The van der Waals surface area contributed by atoms with E-state index in [4.69, 9.17) is 4.42 Å². The van der Waals surface area contributed by atoms with Crippen LogP contribution in [0.2, 0.25) is 0 Å². The van der Waals surface area contributed by atoms with Crippen molar-refractivity contribution in [1.29, 1.82) is 0 Å². The molecule has 1 aromatic heterocycles. The highest BCUT2D eigenvalue weighted by Crippen LogP contribution is 2.21. The number of carbonyl (C=O) groups is 2. The standard InChI is InChI=1S/C19H23N3O3/c1-13(2)22(12-17-8-7-14(3)25-17)18(23)15-5-4-6-16(11-15)21-10-9-20-19(21)24/h4-8,11,13H,9-10,12H2,1-3H3,(H,20,24). The molecule has 3 rings (SSSR count). The zero-order valence-electron chi connectivity index (χ0n) is 14.8. The van der Waals surface area contributed by atoms with Crippen molar-refractivity contribution < 1.29 is 14.0 Å². The van der Waals surface area contributed by atoms with Crippen molar-refractivity contribution in [2.24, 2.45) is 0 Å². The third kappa shape index (κ3) is 3.68. The van der Waals surface area contributed by atoms with Gasteiger partial charge in [-0.15, -0.1) is 0 Å². The first kappa shape index (κ1) is 17.1. The maximum atomic E-state index is 13.0. The van der Waals surface area contributed by atoms with E-state index in [1.807, 2.05) is 45.0 Å². The zero-order valence-corrected chi connectivity index (χ0v) is 14.8. The Balaban J connectivity index is 1.83. The molecule has 2 heterocycles. The van der Waals surface area contributed by atoms with Crippen molar-refractivity contribution in [2.75, 3.05) is 18.0 Å². The Labute approximate surface area is 147 Å². The summed E-state index contributed by atoms with van der Waals surface area (Å²) in [5.41, 5.74) is 1.30. The number of amides is 3. The number of nitrogens with one attached hydrogen (secondary N) is 1. The Morgan fingerprint density at radius 3 is 2.72 bits per heavy atom. The molecule has 3 amide bonds. The van der Waals surface area contributed by atoms with Crippen molar-refractivity contribution >= 4 is 17.6 Å². The highest BCUT2D eigenvalue weighted by Gasteiger charge is 2.24. The van der Waals surface area contributed by atoms with Crippen molar-refractivity contribution in [3.63, 3.8) is 0 Å². The van der Waals surface area contributed by atoms with Gasteiger partial charge in [-0.1, -0.05) is 6.07 Å². The van der Waals surface area contributed by atoms with Crippen LogP contribution in [0, 0.1) is 6.92 Å². The molecular formula is C19H23N3O3. The van der Waals surface area contributed by atoms with E-state index in [1.54, 1.807) is 21.9 Å².